The van der Waals surface area contributed by atoms with Crippen LogP contribution in [0.5, 0.6) is 5.75 Å². The molecule has 0 amide bonds. The summed E-state index contributed by atoms with van der Waals surface area (Å²) in [6.45, 7) is 5.92. The van der Waals surface area contributed by atoms with Crippen molar-refractivity contribution in [2.24, 2.45) is 0 Å². The summed E-state index contributed by atoms with van der Waals surface area (Å²) in [5.41, 5.74) is 1.19. The van der Waals surface area contributed by atoms with E-state index in [1.54, 1.807) is 22.6 Å². The lowest BCUT2D eigenvalue weighted by Gasteiger charge is -2.12. The number of fused-ring (bicyclic) bond motifs is 1. The number of imidazole rings is 1. The van der Waals surface area contributed by atoms with Gasteiger partial charge in [-0.05, 0) is 31.0 Å². The van der Waals surface area contributed by atoms with Crippen LogP contribution in [-0.4, -0.2) is 39.0 Å². The maximum Gasteiger partial charge on any atom is 0.332 e. The van der Waals surface area contributed by atoms with E-state index in [9.17, 15) is 9.59 Å². The first kappa shape index (κ1) is 19.9. The number of nitrogens with zero attached hydrogens (tertiary/aromatic N) is 4. The van der Waals surface area contributed by atoms with E-state index in [0.717, 1.165) is 17.7 Å². The van der Waals surface area contributed by atoms with Gasteiger partial charge in [0.15, 0.2) is 11.2 Å². The van der Waals surface area contributed by atoms with E-state index in [0.29, 0.717) is 37.5 Å². The molecule has 150 valence electrons. The summed E-state index contributed by atoms with van der Waals surface area (Å²) in [5, 5.41) is 0. The Morgan fingerprint density at radius 1 is 1.04 bits per heavy atom. The van der Waals surface area contributed by atoms with Crippen LogP contribution in [0, 0.1) is 0 Å². The van der Waals surface area contributed by atoms with Crippen molar-refractivity contribution >= 4 is 11.2 Å². The van der Waals surface area contributed by atoms with Gasteiger partial charge >= 0.3 is 5.69 Å². The van der Waals surface area contributed by atoms with Gasteiger partial charge in [-0.1, -0.05) is 19.1 Å². The summed E-state index contributed by atoms with van der Waals surface area (Å²) in [5.74, 6) is 0.773. The first-order valence-electron chi connectivity index (χ1n) is 9.49. The fraction of sp³-hybridized carbons (Fsp3) is 0.450. The average Bonchev–Trinajstić information content (AvgIpc) is 3.12. The molecule has 3 aromatic rings. The Labute approximate surface area is 163 Å². The summed E-state index contributed by atoms with van der Waals surface area (Å²) in [6.07, 6.45) is 2.39. The molecule has 0 aliphatic rings. The van der Waals surface area contributed by atoms with Gasteiger partial charge in [-0.2, -0.15) is 0 Å². The van der Waals surface area contributed by atoms with Crippen LogP contribution in [0.25, 0.3) is 11.2 Å². The van der Waals surface area contributed by atoms with Crippen molar-refractivity contribution in [2.75, 3.05) is 20.3 Å². The highest BCUT2D eigenvalue weighted by atomic mass is 16.5. The molecule has 0 spiro atoms. The molecule has 0 aliphatic heterocycles. The Morgan fingerprint density at radius 2 is 1.79 bits per heavy atom. The molecule has 0 N–H and O–H groups in total. The van der Waals surface area contributed by atoms with Crippen molar-refractivity contribution in [3.05, 3.63) is 57.0 Å². The number of aryl methyl sites for hydroxylation is 1. The lowest BCUT2D eigenvalue weighted by molar-refractivity contribution is 0.137. The lowest BCUT2D eigenvalue weighted by Crippen LogP contribution is -2.41. The third kappa shape index (κ3) is 3.87. The number of rotatable bonds is 9. The first-order chi connectivity index (χ1) is 13.6. The van der Waals surface area contributed by atoms with E-state index in [1.165, 1.54) is 4.57 Å². The fourth-order valence-electron chi connectivity index (χ4n) is 3.21. The zero-order valence-corrected chi connectivity index (χ0v) is 16.6. The maximum atomic E-state index is 13.1. The molecule has 28 heavy (non-hydrogen) atoms. The van der Waals surface area contributed by atoms with Crippen LogP contribution in [-0.2, 0) is 24.4 Å². The average molecular weight is 386 g/mol. The molecule has 0 saturated carbocycles. The molecular formula is C20H26N4O4. The van der Waals surface area contributed by atoms with Crippen LogP contribution < -0.4 is 16.0 Å². The second-order valence-electron chi connectivity index (χ2n) is 6.48. The highest BCUT2D eigenvalue weighted by molar-refractivity contribution is 5.70. The van der Waals surface area contributed by atoms with Crippen LogP contribution >= 0.6 is 0 Å². The first-order valence-corrected chi connectivity index (χ1v) is 9.49. The maximum absolute atomic E-state index is 13.1. The smallest absolute Gasteiger partial charge is 0.332 e. The zero-order chi connectivity index (χ0) is 20.1. The van der Waals surface area contributed by atoms with E-state index < -0.39 is 0 Å². The Kier molecular flexibility index (Phi) is 6.30. The van der Waals surface area contributed by atoms with Crippen molar-refractivity contribution in [1.29, 1.82) is 0 Å². The Morgan fingerprint density at radius 3 is 2.43 bits per heavy atom. The zero-order valence-electron chi connectivity index (χ0n) is 16.6. The quantitative estimate of drug-likeness (QED) is 0.525. The van der Waals surface area contributed by atoms with E-state index >= 15 is 0 Å². The standard InChI is InChI=1S/C20H26N4O4/c1-4-10-23-18-17(19(25)24(20(23)26)11-12-28-5-2)22(14-21-18)13-15-6-8-16(27-3)9-7-15/h6-9,14H,4-5,10-13H2,1-3H3. The van der Waals surface area contributed by atoms with E-state index in [4.69, 9.17) is 9.47 Å². The number of aromatic nitrogens is 4. The minimum Gasteiger partial charge on any atom is -0.497 e. The minimum atomic E-state index is -0.339. The van der Waals surface area contributed by atoms with Gasteiger partial charge in [0, 0.05) is 19.7 Å². The summed E-state index contributed by atoms with van der Waals surface area (Å²) in [6, 6.07) is 7.64. The predicted molar refractivity (Wildman–Crippen MR) is 107 cm³/mol. The molecule has 0 saturated heterocycles. The SMILES string of the molecule is CCCn1c(=O)n(CCOCC)c(=O)c2c1ncn2Cc1ccc(OC)cc1. The fourth-order valence-corrected chi connectivity index (χ4v) is 3.21. The van der Waals surface area contributed by atoms with Crippen LogP contribution in [0.4, 0.5) is 0 Å². The van der Waals surface area contributed by atoms with Gasteiger partial charge in [0.25, 0.3) is 5.56 Å². The number of hydrogen-bond acceptors (Lipinski definition) is 5. The van der Waals surface area contributed by atoms with Crippen molar-refractivity contribution in [3.8, 4) is 5.75 Å². The number of hydrogen-bond donors (Lipinski definition) is 0. The highest BCUT2D eigenvalue weighted by Gasteiger charge is 2.17. The van der Waals surface area contributed by atoms with Gasteiger partial charge < -0.3 is 14.0 Å². The molecule has 0 aliphatic carbocycles. The Hall–Kier alpha value is -2.87. The molecular weight excluding hydrogens is 360 g/mol. The summed E-state index contributed by atoms with van der Waals surface area (Å²) >= 11 is 0. The minimum absolute atomic E-state index is 0.221. The van der Waals surface area contributed by atoms with Crippen LogP contribution in [0.1, 0.15) is 25.8 Å². The molecule has 1 aromatic carbocycles. The number of benzene rings is 1. The highest BCUT2D eigenvalue weighted by Crippen LogP contribution is 2.14. The largest absolute Gasteiger partial charge is 0.497 e. The normalized spacial score (nSPS) is 11.2. The second-order valence-corrected chi connectivity index (χ2v) is 6.48. The summed E-state index contributed by atoms with van der Waals surface area (Å²) in [4.78, 5) is 30.3. The predicted octanol–water partition coefficient (Wildman–Crippen LogP) is 1.86. The molecule has 8 heteroatoms. The third-order valence-electron chi connectivity index (χ3n) is 4.61. The van der Waals surface area contributed by atoms with Crippen molar-refractivity contribution in [1.82, 2.24) is 18.7 Å². The van der Waals surface area contributed by atoms with Crippen molar-refractivity contribution < 1.29 is 9.47 Å². The van der Waals surface area contributed by atoms with Crippen molar-refractivity contribution in [3.63, 3.8) is 0 Å². The van der Waals surface area contributed by atoms with E-state index in [-0.39, 0.29) is 17.8 Å². The van der Waals surface area contributed by atoms with Crippen LogP contribution in [0.2, 0.25) is 0 Å². The topological polar surface area (TPSA) is 80.3 Å². The molecule has 0 fully saturated rings. The molecule has 0 unspecified atom stereocenters. The molecule has 2 heterocycles. The number of methoxy groups -OCH3 is 1. The molecule has 8 nitrogen and oxygen atoms in total. The Balaban J connectivity index is 2.08. The van der Waals surface area contributed by atoms with Crippen molar-refractivity contribution in [2.45, 2.75) is 39.9 Å². The van der Waals surface area contributed by atoms with Gasteiger partial charge in [-0.3, -0.25) is 13.9 Å². The second kappa shape index (κ2) is 8.88. The summed E-state index contributed by atoms with van der Waals surface area (Å²) in [7, 11) is 1.62. The third-order valence-corrected chi connectivity index (χ3v) is 4.61. The van der Waals surface area contributed by atoms with Crippen LogP contribution in [0.15, 0.2) is 40.2 Å². The monoisotopic (exact) mass is 386 g/mol. The van der Waals surface area contributed by atoms with Gasteiger partial charge in [0.1, 0.15) is 5.75 Å². The number of ether oxygens (including phenoxy) is 2. The lowest BCUT2D eigenvalue weighted by atomic mass is 10.2. The molecule has 0 radical (unpaired) electrons. The van der Waals surface area contributed by atoms with Gasteiger partial charge in [0.05, 0.1) is 26.6 Å². The van der Waals surface area contributed by atoms with Gasteiger partial charge in [0.2, 0.25) is 0 Å². The van der Waals surface area contributed by atoms with E-state index in [1.807, 2.05) is 38.1 Å². The molecule has 3 rings (SSSR count). The Bertz CT molecular complexity index is 1050. The van der Waals surface area contributed by atoms with Gasteiger partial charge in [-0.25, -0.2) is 9.78 Å². The van der Waals surface area contributed by atoms with E-state index in [2.05, 4.69) is 4.98 Å². The van der Waals surface area contributed by atoms with Gasteiger partial charge in [-0.15, -0.1) is 0 Å². The molecule has 0 atom stereocenters. The van der Waals surface area contributed by atoms with Crippen LogP contribution in [0.3, 0.4) is 0 Å². The summed E-state index contributed by atoms with van der Waals surface area (Å²) < 4.78 is 15.2. The molecule has 0 bridgehead atoms. The molecule has 2 aromatic heterocycles.